The number of rotatable bonds is 5. The molecule has 1 aliphatic rings. The number of carbonyl (C=O) groups excluding carboxylic acids is 3. The van der Waals surface area contributed by atoms with Crippen LogP contribution in [0.2, 0.25) is 10.0 Å². The molecule has 0 aliphatic carbocycles. The van der Waals surface area contributed by atoms with Crippen molar-refractivity contribution < 1.29 is 19.1 Å². The van der Waals surface area contributed by atoms with Gasteiger partial charge in [0, 0.05) is 5.02 Å². The van der Waals surface area contributed by atoms with Crippen molar-refractivity contribution in [2.24, 2.45) is 0 Å². The smallest absolute Gasteiger partial charge is 0.335 e. The summed E-state index contributed by atoms with van der Waals surface area (Å²) < 4.78 is 5.74. The molecule has 1 heterocycles. The molecule has 1 fully saturated rings. The average Bonchev–Trinajstić information content (AvgIpc) is 2.77. The largest absolute Gasteiger partial charge is 0.487 e. The lowest BCUT2D eigenvalue weighted by Gasteiger charge is -2.26. The quantitative estimate of drug-likeness (QED) is 0.412. The van der Waals surface area contributed by atoms with Crippen LogP contribution in [0.5, 0.6) is 5.75 Å². The number of benzene rings is 3. The minimum atomic E-state index is -0.800. The van der Waals surface area contributed by atoms with Gasteiger partial charge in [0.25, 0.3) is 11.8 Å². The molecule has 160 valence electrons. The van der Waals surface area contributed by atoms with E-state index in [1.165, 1.54) is 6.08 Å². The number of barbiturate groups is 1. The fourth-order valence-corrected chi connectivity index (χ4v) is 3.60. The standard InChI is InChI=1S/C24H16Cl2N2O4/c25-17-6-4-5-16(11-17)14-32-21-10-9-15(13-20(21)26)12-19-22(29)27-24(31)28(23(19)30)18-7-2-1-3-8-18/h1-13H,14H2,(H,27,29,31)/b19-12+. The van der Waals surface area contributed by atoms with Crippen LogP contribution in [0.15, 0.2) is 78.4 Å². The molecule has 0 atom stereocenters. The molecular weight excluding hydrogens is 451 g/mol. The number of anilines is 1. The Bertz CT molecular complexity index is 1240. The van der Waals surface area contributed by atoms with Crippen molar-refractivity contribution >= 4 is 52.8 Å². The number of amides is 4. The van der Waals surface area contributed by atoms with E-state index in [4.69, 9.17) is 27.9 Å². The molecular formula is C24H16Cl2N2O4. The Morgan fingerprint density at radius 1 is 0.906 bits per heavy atom. The molecule has 0 unspecified atom stereocenters. The van der Waals surface area contributed by atoms with E-state index in [2.05, 4.69) is 5.32 Å². The predicted molar refractivity (Wildman–Crippen MR) is 123 cm³/mol. The molecule has 0 aromatic heterocycles. The molecule has 4 rings (SSSR count). The Hall–Kier alpha value is -3.61. The second-order valence-corrected chi connectivity index (χ2v) is 7.75. The minimum absolute atomic E-state index is 0.183. The van der Waals surface area contributed by atoms with Crippen molar-refractivity contribution in [2.45, 2.75) is 6.61 Å². The van der Waals surface area contributed by atoms with Gasteiger partial charge in [0.05, 0.1) is 10.7 Å². The zero-order valence-electron chi connectivity index (χ0n) is 16.5. The number of hydrogen-bond acceptors (Lipinski definition) is 4. The highest BCUT2D eigenvalue weighted by Gasteiger charge is 2.36. The molecule has 8 heteroatoms. The van der Waals surface area contributed by atoms with Gasteiger partial charge < -0.3 is 4.74 Å². The molecule has 1 N–H and O–H groups in total. The van der Waals surface area contributed by atoms with Crippen molar-refractivity contribution in [3.63, 3.8) is 0 Å². The summed E-state index contributed by atoms with van der Waals surface area (Å²) in [5.74, 6) is -1.05. The van der Waals surface area contributed by atoms with Gasteiger partial charge in [-0.25, -0.2) is 9.69 Å². The van der Waals surface area contributed by atoms with Gasteiger partial charge >= 0.3 is 6.03 Å². The lowest BCUT2D eigenvalue weighted by Crippen LogP contribution is -2.54. The maximum Gasteiger partial charge on any atom is 0.335 e. The van der Waals surface area contributed by atoms with E-state index in [0.717, 1.165) is 10.5 Å². The summed E-state index contributed by atoms with van der Waals surface area (Å²) in [6.45, 7) is 0.274. The summed E-state index contributed by atoms with van der Waals surface area (Å²) in [5, 5.41) is 3.10. The normalized spacial score (nSPS) is 15.1. The van der Waals surface area contributed by atoms with Gasteiger partial charge in [-0.3, -0.25) is 14.9 Å². The molecule has 1 aliphatic heterocycles. The average molecular weight is 467 g/mol. The number of nitrogens with one attached hydrogen (secondary N) is 1. The molecule has 4 amide bonds. The molecule has 3 aromatic rings. The van der Waals surface area contributed by atoms with Gasteiger partial charge in [-0.1, -0.05) is 59.6 Å². The second kappa shape index (κ2) is 9.26. The van der Waals surface area contributed by atoms with Crippen molar-refractivity contribution in [2.75, 3.05) is 4.90 Å². The van der Waals surface area contributed by atoms with Crippen molar-refractivity contribution in [3.8, 4) is 5.75 Å². The van der Waals surface area contributed by atoms with Crippen LogP contribution in [-0.4, -0.2) is 17.8 Å². The van der Waals surface area contributed by atoms with Crippen LogP contribution < -0.4 is 15.0 Å². The molecule has 6 nitrogen and oxygen atoms in total. The number of urea groups is 1. The van der Waals surface area contributed by atoms with E-state index in [0.29, 0.717) is 27.0 Å². The topological polar surface area (TPSA) is 75.7 Å². The Morgan fingerprint density at radius 3 is 2.41 bits per heavy atom. The molecule has 0 bridgehead atoms. The summed E-state index contributed by atoms with van der Waals surface area (Å²) >= 11 is 12.3. The van der Waals surface area contributed by atoms with Gasteiger partial charge in [0.1, 0.15) is 17.9 Å². The van der Waals surface area contributed by atoms with E-state index in [1.54, 1.807) is 60.7 Å². The van der Waals surface area contributed by atoms with Crippen molar-refractivity contribution in [1.82, 2.24) is 5.32 Å². The first-order valence-electron chi connectivity index (χ1n) is 9.55. The number of ether oxygens (including phenoxy) is 1. The third-order valence-corrected chi connectivity index (χ3v) is 5.20. The van der Waals surface area contributed by atoms with Gasteiger partial charge in [0.15, 0.2) is 0 Å². The first kappa shape index (κ1) is 21.6. The van der Waals surface area contributed by atoms with E-state index < -0.39 is 17.8 Å². The lowest BCUT2D eigenvalue weighted by molar-refractivity contribution is -0.122. The number of carbonyl (C=O) groups is 3. The fourth-order valence-electron chi connectivity index (χ4n) is 3.15. The SMILES string of the molecule is O=C1NC(=O)N(c2ccccc2)C(=O)/C1=C/c1ccc(OCc2cccc(Cl)c2)c(Cl)c1. The summed E-state index contributed by atoms with van der Waals surface area (Å²) in [4.78, 5) is 38.4. The van der Waals surface area contributed by atoms with E-state index in [1.807, 2.05) is 12.1 Å². The Balaban J connectivity index is 1.56. The monoisotopic (exact) mass is 466 g/mol. The summed E-state index contributed by atoms with van der Waals surface area (Å²) in [6, 6.07) is 19.7. The Kier molecular flexibility index (Phi) is 6.25. The summed E-state index contributed by atoms with van der Waals surface area (Å²) in [6.07, 6.45) is 1.38. The Morgan fingerprint density at radius 2 is 1.69 bits per heavy atom. The van der Waals surface area contributed by atoms with Crippen LogP contribution in [-0.2, 0) is 16.2 Å². The zero-order valence-corrected chi connectivity index (χ0v) is 18.1. The predicted octanol–water partition coefficient (Wildman–Crippen LogP) is 5.24. The highest BCUT2D eigenvalue weighted by atomic mass is 35.5. The Labute approximate surface area is 194 Å². The van der Waals surface area contributed by atoms with Crippen molar-refractivity contribution in [1.29, 1.82) is 0 Å². The molecule has 0 saturated carbocycles. The summed E-state index contributed by atoms with van der Waals surface area (Å²) in [5.41, 5.74) is 1.56. The zero-order chi connectivity index (χ0) is 22.7. The first-order valence-corrected chi connectivity index (χ1v) is 10.3. The number of hydrogen-bond donors (Lipinski definition) is 1. The molecule has 32 heavy (non-hydrogen) atoms. The van der Waals surface area contributed by atoms with Crippen LogP contribution in [0.1, 0.15) is 11.1 Å². The number of nitrogens with zero attached hydrogens (tertiary/aromatic N) is 1. The molecule has 0 spiro atoms. The van der Waals surface area contributed by atoms with E-state index in [-0.39, 0.29) is 12.2 Å². The molecule has 1 saturated heterocycles. The van der Waals surface area contributed by atoms with Crippen LogP contribution in [0.25, 0.3) is 6.08 Å². The maximum atomic E-state index is 12.9. The van der Waals surface area contributed by atoms with E-state index in [9.17, 15) is 14.4 Å². The van der Waals surface area contributed by atoms with Gasteiger partial charge in [-0.05, 0) is 53.6 Å². The van der Waals surface area contributed by atoms with Gasteiger partial charge in [-0.15, -0.1) is 0 Å². The number of para-hydroxylation sites is 1. The fraction of sp³-hybridized carbons (Fsp3) is 0.0417. The summed E-state index contributed by atoms with van der Waals surface area (Å²) in [7, 11) is 0. The van der Waals surface area contributed by atoms with Gasteiger partial charge in [-0.2, -0.15) is 0 Å². The third-order valence-electron chi connectivity index (χ3n) is 4.67. The highest BCUT2D eigenvalue weighted by Crippen LogP contribution is 2.28. The number of imide groups is 2. The maximum absolute atomic E-state index is 12.9. The molecule has 0 radical (unpaired) electrons. The van der Waals surface area contributed by atoms with Crippen LogP contribution in [0, 0.1) is 0 Å². The molecule has 3 aromatic carbocycles. The lowest BCUT2D eigenvalue weighted by atomic mass is 10.1. The minimum Gasteiger partial charge on any atom is -0.487 e. The highest BCUT2D eigenvalue weighted by molar-refractivity contribution is 6.39. The number of halogens is 2. The third kappa shape index (κ3) is 4.66. The van der Waals surface area contributed by atoms with Crippen molar-refractivity contribution in [3.05, 3.63) is 99.5 Å². The van der Waals surface area contributed by atoms with E-state index >= 15 is 0 Å². The first-order chi connectivity index (χ1) is 15.4. The van der Waals surface area contributed by atoms with Gasteiger partial charge in [0.2, 0.25) is 0 Å². The second-order valence-electron chi connectivity index (χ2n) is 6.90. The van der Waals surface area contributed by atoms with Crippen LogP contribution >= 0.6 is 23.2 Å². The van der Waals surface area contributed by atoms with Crippen LogP contribution in [0.4, 0.5) is 10.5 Å². The van der Waals surface area contributed by atoms with Crippen LogP contribution in [0.3, 0.4) is 0 Å².